The third kappa shape index (κ3) is 4.10. The van der Waals surface area contributed by atoms with E-state index in [-0.39, 0.29) is 12.1 Å². The van der Waals surface area contributed by atoms with Gasteiger partial charge >= 0.3 is 6.03 Å². The number of aromatic hydroxyl groups is 1. The normalized spacial score (nSPS) is 15.8. The summed E-state index contributed by atoms with van der Waals surface area (Å²) < 4.78 is 0. The number of amides is 2. The van der Waals surface area contributed by atoms with Crippen molar-refractivity contribution in [2.75, 3.05) is 13.6 Å². The molecule has 0 bridgehead atoms. The van der Waals surface area contributed by atoms with Crippen LogP contribution in [-0.4, -0.2) is 35.7 Å². The fourth-order valence-corrected chi connectivity index (χ4v) is 3.74. The van der Waals surface area contributed by atoms with E-state index in [2.05, 4.69) is 41.0 Å². The summed E-state index contributed by atoms with van der Waals surface area (Å²) in [6.45, 7) is 1.84. The maximum Gasteiger partial charge on any atom is 0.317 e. The van der Waals surface area contributed by atoms with Crippen LogP contribution in [0.2, 0.25) is 0 Å². The second-order valence-electron chi connectivity index (χ2n) is 7.46. The van der Waals surface area contributed by atoms with Gasteiger partial charge in [-0.3, -0.25) is 0 Å². The fourth-order valence-electron chi connectivity index (χ4n) is 3.74. The number of benzene rings is 3. The Kier molecular flexibility index (Phi) is 5.17. The highest BCUT2D eigenvalue weighted by Gasteiger charge is 2.19. The zero-order valence-corrected chi connectivity index (χ0v) is 16.0. The van der Waals surface area contributed by atoms with Crippen LogP contribution in [0.5, 0.6) is 5.75 Å². The molecule has 3 aromatic carbocycles. The first-order valence-corrected chi connectivity index (χ1v) is 9.59. The number of rotatable bonds is 4. The summed E-state index contributed by atoms with van der Waals surface area (Å²) in [4.78, 5) is 14.2. The molecular formula is C23H25N3O2. The Morgan fingerprint density at radius 3 is 2.79 bits per heavy atom. The van der Waals surface area contributed by atoms with Gasteiger partial charge in [-0.05, 0) is 52.1 Å². The summed E-state index contributed by atoms with van der Waals surface area (Å²) in [5, 5.41) is 18.4. The molecule has 1 aliphatic heterocycles. The molecule has 1 aliphatic rings. The zero-order valence-electron chi connectivity index (χ0n) is 16.0. The highest BCUT2D eigenvalue weighted by Crippen LogP contribution is 2.21. The van der Waals surface area contributed by atoms with Crippen LogP contribution < -0.4 is 10.6 Å². The summed E-state index contributed by atoms with van der Waals surface area (Å²) in [5.41, 5.74) is 3.46. The first-order valence-electron chi connectivity index (χ1n) is 9.59. The molecule has 28 heavy (non-hydrogen) atoms. The Morgan fingerprint density at radius 2 is 1.93 bits per heavy atom. The van der Waals surface area contributed by atoms with Gasteiger partial charge in [0.25, 0.3) is 0 Å². The zero-order chi connectivity index (χ0) is 19.5. The van der Waals surface area contributed by atoms with Crippen molar-refractivity contribution in [3.63, 3.8) is 0 Å². The first-order chi connectivity index (χ1) is 13.6. The second kappa shape index (κ2) is 7.90. The lowest BCUT2D eigenvalue weighted by atomic mass is 9.95. The van der Waals surface area contributed by atoms with Crippen molar-refractivity contribution in [3.05, 3.63) is 77.4 Å². The number of fused-ring (bicyclic) bond motifs is 2. The SMILES string of the molecule is CN(Cc1ccc2ccccc2c1)C(=O)NCC1Cc2ccc(O)cc2CN1. The maximum atomic E-state index is 12.5. The molecule has 0 saturated carbocycles. The van der Waals surface area contributed by atoms with Crippen LogP contribution in [0, 0.1) is 0 Å². The molecule has 1 atom stereocenters. The molecule has 0 aromatic heterocycles. The number of phenols is 1. The lowest BCUT2D eigenvalue weighted by Gasteiger charge is -2.27. The van der Waals surface area contributed by atoms with Crippen LogP contribution in [0.1, 0.15) is 16.7 Å². The summed E-state index contributed by atoms with van der Waals surface area (Å²) >= 11 is 0. The number of nitrogens with one attached hydrogen (secondary N) is 2. The molecule has 1 unspecified atom stereocenters. The topological polar surface area (TPSA) is 64.6 Å². The van der Waals surface area contributed by atoms with Gasteiger partial charge in [-0.1, -0.05) is 42.5 Å². The molecule has 144 valence electrons. The van der Waals surface area contributed by atoms with E-state index in [0.717, 1.165) is 17.5 Å². The molecule has 0 fully saturated rings. The average molecular weight is 375 g/mol. The van der Waals surface area contributed by atoms with Crippen LogP contribution in [-0.2, 0) is 19.5 Å². The Hall–Kier alpha value is -3.05. The molecule has 4 rings (SSSR count). The van der Waals surface area contributed by atoms with Crippen molar-refractivity contribution in [1.29, 1.82) is 0 Å². The van der Waals surface area contributed by atoms with Gasteiger partial charge in [-0.15, -0.1) is 0 Å². The van der Waals surface area contributed by atoms with Crippen LogP contribution in [0.3, 0.4) is 0 Å². The van der Waals surface area contributed by atoms with Crippen LogP contribution in [0.4, 0.5) is 4.79 Å². The molecule has 1 heterocycles. The van der Waals surface area contributed by atoms with E-state index >= 15 is 0 Å². The van der Waals surface area contributed by atoms with Gasteiger partial charge in [0.15, 0.2) is 0 Å². The minimum Gasteiger partial charge on any atom is -0.508 e. The summed E-state index contributed by atoms with van der Waals surface area (Å²) in [6, 6.07) is 20.1. The van der Waals surface area contributed by atoms with E-state index in [4.69, 9.17) is 0 Å². The number of hydrogen-bond donors (Lipinski definition) is 3. The van der Waals surface area contributed by atoms with E-state index < -0.39 is 0 Å². The molecule has 0 aliphatic carbocycles. The summed E-state index contributed by atoms with van der Waals surface area (Å²) in [6.07, 6.45) is 0.838. The van der Waals surface area contributed by atoms with Gasteiger partial charge in [0, 0.05) is 32.7 Å². The summed E-state index contributed by atoms with van der Waals surface area (Å²) in [7, 11) is 1.82. The lowest BCUT2D eigenvalue weighted by Crippen LogP contribution is -2.47. The number of phenolic OH excluding ortho intramolecular Hbond substituents is 1. The fraction of sp³-hybridized carbons (Fsp3) is 0.261. The predicted molar refractivity (Wildman–Crippen MR) is 111 cm³/mol. The monoisotopic (exact) mass is 375 g/mol. The Balaban J connectivity index is 1.31. The van der Waals surface area contributed by atoms with Crippen molar-refractivity contribution in [3.8, 4) is 5.75 Å². The Bertz CT molecular complexity index is 1000. The standard InChI is InChI=1S/C23H25N3O2/c1-26(15-16-6-7-17-4-2-3-5-18(17)10-16)23(28)25-14-21-11-19-8-9-22(27)12-20(19)13-24-21/h2-10,12,21,24,27H,11,13-15H2,1H3,(H,25,28). The number of carbonyl (C=O) groups excluding carboxylic acids is 1. The maximum absolute atomic E-state index is 12.5. The minimum atomic E-state index is -0.0774. The molecule has 5 heteroatoms. The third-order valence-electron chi connectivity index (χ3n) is 5.32. The van der Waals surface area contributed by atoms with Crippen molar-refractivity contribution in [2.45, 2.75) is 25.6 Å². The Labute approximate surface area is 165 Å². The van der Waals surface area contributed by atoms with Gasteiger partial charge in [0.2, 0.25) is 0 Å². The number of nitrogens with zero attached hydrogens (tertiary/aromatic N) is 1. The third-order valence-corrected chi connectivity index (χ3v) is 5.32. The van der Waals surface area contributed by atoms with E-state index in [1.54, 1.807) is 17.0 Å². The van der Waals surface area contributed by atoms with E-state index in [1.807, 2.05) is 25.2 Å². The van der Waals surface area contributed by atoms with E-state index in [1.165, 1.54) is 16.3 Å². The minimum absolute atomic E-state index is 0.0774. The van der Waals surface area contributed by atoms with E-state index in [0.29, 0.717) is 25.4 Å². The van der Waals surface area contributed by atoms with Crippen molar-refractivity contribution < 1.29 is 9.90 Å². The molecule has 0 radical (unpaired) electrons. The van der Waals surface area contributed by atoms with Crippen LogP contribution in [0.25, 0.3) is 10.8 Å². The molecular weight excluding hydrogens is 350 g/mol. The number of hydrogen-bond acceptors (Lipinski definition) is 3. The van der Waals surface area contributed by atoms with Gasteiger partial charge < -0.3 is 20.6 Å². The highest BCUT2D eigenvalue weighted by molar-refractivity contribution is 5.83. The van der Waals surface area contributed by atoms with Gasteiger partial charge in [0.1, 0.15) is 5.75 Å². The molecule has 0 saturated heterocycles. The van der Waals surface area contributed by atoms with E-state index in [9.17, 15) is 9.90 Å². The summed E-state index contributed by atoms with van der Waals surface area (Å²) in [5.74, 6) is 0.294. The van der Waals surface area contributed by atoms with Crippen molar-refractivity contribution >= 4 is 16.8 Å². The van der Waals surface area contributed by atoms with Gasteiger partial charge in [-0.2, -0.15) is 0 Å². The van der Waals surface area contributed by atoms with Crippen molar-refractivity contribution in [2.24, 2.45) is 0 Å². The molecule has 0 spiro atoms. The smallest absolute Gasteiger partial charge is 0.317 e. The van der Waals surface area contributed by atoms with Gasteiger partial charge in [0.05, 0.1) is 0 Å². The van der Waals surface area contributed by atoms with Crippen LogP contribution >= 0.6 is 0 Å². The number of carbonyl (C=O) groups is 1. The first kappa shape index (κ1) is 18.3. The number of urea groups is 1. The molecule has 3 aromatic rings. The van der Waals surface area contributed by atoms with Gasteiger partial charge in [-0.25, -0.2) is 4.79 Å². The molecule has 3 N–H and O–H groups in total. The quantitative estimate of drug-likeness (QED) is 0.655. The van der Waals surface area contributed by atoms with Crippen LogP contribution in [0.15, 0.2) is 60.7 Å². The average Bonchev–Trinajstić information content (AvgIpc) is 2.71. The largest absolute Gasteiger partial charge is 0.508 e. The van der Waals surface area contributed by atoms with Crippen molar-refractivity contribution in [1.82, 2.24) is 15.5 Å². The Morgan fingerprint density at radius 1 is 1.11 bits per heavy atom. The molecule has 5 nitrogen and oxygen atoms in total. The predicted octanol–water partition coefficient (Wildman–Crippen LogP) is 3.40. The lowest BCUT2D eigenvalue weighted by molar-refractivity contribution is 0.205. The highest BCUT2D eigenvalue weighted by atomic mass is 16.3. The molecule has 2 amide bonds. The second-order valence-corrected chi connectivity index (χ2v) is 7.46.